The molecule has 0 unspecified atom stereocenters. The lowest BCUT2D eigenvalue weighted by atomic mass is 9.94. The molecule has 10 atom stereocenters. The number of aliphatic hydroxyl groups excluding tert-OH is 5. The number of rotatable bonds is 8. The Hall–Kier alpha value is -2.40. The van der Waals surface area contributed by atoms with Crippen LogP contribution in [-0.4, -0.2) is 119 Å². The predicted molar refractivity (Wildman–Crippen MR) is 121 cm³/mol. The maximum atomic E-state index is 12.5. The van der Waals surface area contributed by atoms with Crippen molar-refractivity contribution in [3.05, 3.63) is 30.3 Å². The van der Waals surface area contributed by atoms with Crippen LogP contribution in [0.1, 0.15) is 6.92 Å². The fourth-order valence-corrected chi connectivity index (χ4v) is 4.19. The summed E-state index contributed by atoms with van der Waals surface area (Å²) in [6.45, 7) is -0.0739. The van der Waals surface area contributed by atoms with Crippen LogP contribution in [0.5, 0.6) is 0 Å². The topological polar surface area (TPSA) is 208 Å². The number of ether oxygens (including phenoxy) is 4. The van der Waals surface area contributed by atoms with E-state index in [2.05, 4.69) is 16.0 Å². The summed E-state index contributed by atoms with van der Waals surface area (Å²) in [5, 5.41) is 59.4. The molecular weight excluding hydrogens is 482 g/mol. The maximum absolute atomic E-state index is 12.5. The van der Waals surface area contributed by atoms with Gasteiger partial charge in [0.2, 0.25) is 5.91 Å². The van der Waals surface area contributed by atoms with Gasteiger partial charge in [0.1, 0.15) is 42.7 Å². The first-order valence-electron chi connectivity index (χ1n) is 11.3. The largest absolute Gasteiger partial charge is 0.394 e. The molecule has 14 nitrogen and oxygen atoms in total. The molecule has 2 saturated heterocycles. The average molecular weight is 516 g/mol. The van der Waals surface area contributed by atoms with Crippen molar-refractivity contribution in [1.29, 1.82) is 0 Å². The Bertz CT molecular complexity index is 863. The van der Waals surface area contributed by atoms with Crippen molar-refractivity contribution in [3.63, 3.8) is 0 Å². The summed E-state index contributed by atoms with van der Waals surface area (Å²) in [5.74, 6) is -0.489. The highest BCUT2D eigenvalue weighted by Gasteiger charge is 2.51. The molecule has 3 rings (SSSR count). The van der Waals surface area contributed by atoms with Crippen molar-refractivity contribution in [3.8, 4) is 0 Å². The third-order valence-corrected chi connectivity index (χ3v) is 5.96. The summed E-state index contributed by atoms with van der Waals surface area (Å²) < 4.78 is 22.0. The smallest absolute Gasteiger partial charge is 0.319 e. The molecule has 2 aliphatic heterocycles. The van der Waals surface area contributed by atoms with Crippen molar-refractivity contribution in [2.45, 2.75) is 68.2 Å². The number of amides is 3. The average Bonchev–Trinajstić information content (AvgIpc) is 2.86. The van der Waals surface area contributed by atoms with Gasteiger partial charge < -0.3 is 60.4 Å². The van der Waals surface area contributed by atoms with Crippen LogP contribution < -0.4 is 16.0 Å². The molecule has 36 heavy (non-hydrogen) atoms. The zero-order chi connectivity index (χ0) is 26.4. The Morgan fingerprint density at radius 1 is 0.889 bits per heavy atom. The SMILES string of the molecule is CO[C@H]1O[C@H](CO)[C@@H](O[C@@H]2O[C@H](CO)[C@H](O)[C@@H](NC(=O)Nc3ccccc3)[C@H]2O)[C@H](O)[C@@H]1NC(C)=O. The van der Waals surface area contributed by atoms with Gasteiger partial charge in [-0.05, 0) is 12.1 Å². The minimum absolute atomic E-state index is 0.461. The summed E-state index contributed by atoms with van der Waals surface area (Å²) in [4.78, 5) is 24.1. The second-order valence-corrected chi connectivity index (χ2v) is 8.48. The first-order chi connectivity index (χ1) is 17.2. The van der Waals surface area contributed by atoms with Gasteiger partial charge in [-0.2, -0.15) is 0 Å². The molecule has 3 amide bonds. The number of urea groups is 1. The molecule has 0 spiro atoms. The third kappa shape index (κ3) is 6.47. The van der Waals surface area contributed by atoms with E-state index in [1.807, 2.05) is 0 Å². The van der Waals surface area contributed by atoms with E-state index in [1.54, 1.807) is 30.3 Å². The maximum Gasteiger partial charge on any atom is 0.319 e. The fraction of sp³-hybridized carbons (Fsp3) is 0.636. The van der Waals surface area contributed by atoms with Crippen LogP contribution in [-0.2, 0) is 23.7 Å². The molecule has 1 aromatic rings. The summed E-state index contributed by atoms with van der Waals surface area (Å²) in [7, 11) is 1.29. The van der Waals surface area contributed by atoms with Gasteiger partial charge in [-0.3, -0.25) is 4.79 Å². The third-order valence-electron chi connectivity index (χ3n) is 5.96. The lowest BCUT2D eigenvalue weighted by Crippen LogP contribution is -2.69. The Labute approximate surface area is 207 Å². The number of methoxy groups -OCH3 is 1. The Morgan fingerprint density at radius 3 is 2.11 bits per heavy atom. The van der Waals surface area contributed by atoms with Gasteiger partial charge in [-0.25, -0.2) is 4.79 Å². The molecule has 14 heteroatoms. The molecule has 0 radical (unpaired) electrons. The van der Waals surface area contributed by atoms with E-state index in [9.17, 15) is 35.1 Å². The van der Waals surface area contributed by atoms with Crippen molar-refractivity contribution in [2.24, 2.45) is 0 Å². The zero-order valence-corrected chi connectivity index (χ0v) is 19.8. The minimum atomic E-state index is -1.67. The second-order valence-electron chi connectivity index (χ2n) is 8.48. The van der Waals surface area contributed by atoms with E-state index in [4.69, 9.17) is 18.9 Å². The van der Waals surface area contributed by atoms with E-state index in [0.29, 0.717) is 5.69 Å². The van der Waals surface area contributed by atoms with Gasteiger partial charge in [0, 0.05) is 19.7 Å². The number of carbonyl (C=O) groups excluding carboxylic acids is 2. The van der Waals surface area contributed by atoms with Gasteiger partial charge in [-0.1, -0.05) is 18.2 Å². The summed E-state index contributed by atoms with van der Waals surface area (Å²) in [6, 6.07) is 5.26. The standard InChI is InChI=1S/C22H33N3O11/c1-10(28)23-15-17(30)19(13(9-27)35-20(15)33-2)36-21-18(31)14(16(29)12(8-26)34-21)25-22(32)24-11-6-4-3-5-7-11/h3-7,12-21,26-27,29-31H,8-9H2,1-2H3,(H,23,28)(H2,24,25,32)/t12-,13-,14-,15+,16+,17-,18-,19-,20+,21+/m1/s1. The number of benzene rings is 1. The minimum Gasteiger partial charge on any atom is -0.394 e. The van der Waals surface area contributed by atoms with Crippen LogP contribution >= 0.6 is 0 Å². The first-order valence-corrected chi connectivity index (χ1v) is 11.3. The van der Waals surface area contributed by atoms with E-state index < -0.39 is 86.4 Å². The normalized spacial score (nSPS) is 36.6. The highest BCUT2D eigenvalue weighted by molar-refractivity contribution is 5.89. The monoisotopic (exact) mass is 515 g/mol. The van der Waals surface area contributed by atoms with Gasteiger partial charge in [0.05, 0.1) is 19.3 Å². The molecule has 202 valence electrons. The molecule has 0 bridgehead atoms. The molecule has 2 aliphatic rings. The molecular formula is C22H33N3O11. The van der Waals surface area contributed by atoms with E-state index in [0.717, 1.165) is 0 Å². The van der Waals surface area contributed by atoms with Crippen LogP contribution in [0.4, 0.5) is 10.5 Å². The Morgan fingerprint density at radius 2 is 1.53 bits per heavy atom. The number of nitrogens with one attached hydrogen (secondary N) is 3. The molecule has 0 saturated carbocycles. The Kier molecular flexibility index (Phi) is 9.95. The Balaban J connectivity index is 1.77. The van der Waals surface area contributed by atoms with Gasteiger partial charge in [0.15, 0.2) is 12.6 Å². The van der Waals surface area contributed by atoms with Crippen molar-refractivity contribution < 1.29 is 54.1 Å². The fourth-order valence-electron chi connectivity index (χ4n) is 4.19. The number of carbonyl (C=O) groups is 2. The zero-order valence-electron chi connectivity index (χ0n) is 19.8. The number of hydrogen-bond acceptors (Lipinski definition) is 11. The van der Waals surface area contributed by atoms with Crippen molar-refractivity contribution in [2.75, 3.05) is 25.6 Å². The first kappa shape index (κ1) is 28.2. The molecule has 0 aliphatic carbocycles. The van der Waals surface area contributed by atoms with Crippen LogP contribution in [0.25, 0.3) is 0 Å². The summed E-state index contributed by atoms with van der Waals surface area (Å²) in [6.07, 6.45) is -11.1. The van der Waals surface area contributed by atoms with Crippen molar-refractivity contribution in [1.82, 2.24) is 10.6 Å². The second kappa shape index (κ2) is 12.7. The predicted octanol–water partition coefficient (Wildman–Crippen LogP) is -2.77. The number of para-hydroxylation sites is 1. The summed E-state index contributed by atoms with van der Waals surface area (Å²) in [5.41, 5.74) is 0.461. The molecule has 2 fully saturated rings. The number of aliphatic hydroxyl groups is 5. The van der Waals surface area contributed by atoms with Crippen LogP contribution in [0.3, 0.4) is 0 Å². The van der Waals surface area contributed by atoms with Gasteiger partial charge in [0.25, 0.3) is 0 Å². The van der Waals surface area contributed by atoms with Gasteiger partial charge >= 0.3 is 6.03 Å². The van der Waals surface area contributed by atoms with E-state index in [-0.39, 0.29) is 0 Å². The number of hydrogen-bond donors (Lipinski definition) is 8. The number of anilines is 1. The molecule has 0 aromatic heterocycles. The van der Waals surface area contributed by atoms with E-state index >= 15 is 0 Å². The van der Waals surface area contributed by atoms with Crippen molar-refractivity contribution >= 4 is 17.6 Å². The molecule has 8 N–H and O–H groups in total. The molecule has 1 aromatic carbocycles. The van der Waals surface area contributed by atoms with Crippen LogP contribution in [0, 0.1) is 0 Å². The lowest BCUT2D eigenvalue weighted by molar-refractivity contribution is -0.336. The van der Waals surface area contributed by atoms with E-state index in [1.165, 1.54) is 14.0 Å². The van der Waals surface area contributed by atoms with Crippen LogP contribution in [0.15, 0.2) is 30.3 Å². The van der Waals surface area contributed by atoms with Gasteiger partial charge in [-0.15, -0.1) is 0 Å². The van der Waals surface area contributed by atoms with Crippen LogP contribution in [0.2, 0.25) is 0 Å². The quantitative estimate of drug-likeness (QED) is 0.178. The summed E-state index contributed by atoms with van der Waals surface area (Å²) >= 11 is 0. The highest BCUT2D eigenvalue weighted by Crippen LogP contribution is 2.29. The highest BCUT2D eigenvalue weighted by atomic mass is 16.7. The lowest BCUT2D eigenvalue weighted by Gasteiger charge is -2.47. The molecule has 2 heterocycles.